The van der Waals surface area contributed by atoms with Gasteiger partial charge in [-0.2, -0.15) is 5.10 Å². The first-order chi connectivity index (χ1) is 17.0. The van der Waals surface area contributed by atoms with Gasteiger partial charge in [-0.3, -0.25) is 14.4 Å². The van der Waals surface area contributed by atoms with E-state index in [0.29, 0.717) is 11.7 Å². The van der Waals surface area contributed by atoms with Crippen molar-refractivity contribution in [2.24, 2.45) is 5.73 Å². The zero-order valence-electron chi connectivity index (χ0n) is 19.7. The monoisotopic (exact) mass is 505 g/mol. The third-order valence-corrected chi connectivity index (χ3v) is 6.53. The van der Waals surface area contributed by atoms with Crippen molar-refractivity contribution in [1.29, 1.82) is 0 Å². The number of nitrogens with two attached hydrogens (primary N) is 1. The van der Waals surface area contributed by atoms with Crippen LogP contribution < -0.4 is 11.1 Å². The molecule has 0 spiro atoms. The van der Waals surface area contributed by atoms with Crippen LogP contribution in [0.4, 0.5) is 0 Å². The first kappa shape index (κ1) is 29.4. The van der Waals surface area contributed by atoms with E-state index in [1.165, 1.54) is 32.1 Å². The molecular formula is C29H39N5O3. The van der Waals surface area contributed by atoms with Crippen LogP contribution in [0, 0.1) is 0 Å². The zero-order valence-corrected chi connectivity index (χ0v) is 19.7. The molecule has 37 heavy (non-hydrogen) atoms. The molecule has 0 bridgehead atoms. The van der Waals surface area contributed by atoms with E-state index in [9.17, 15) is 14.4 Å². The molecule has 1 saturated carbocycles. The third-order valence-electron chi connectivity index (χ3n) is 6.53. The topological polar surface area (TPSA) is 120 Å². The Kier molecular flexibility index (Phi) is 11.2. The molecule has 2 amide bonds. The number of Topliss-reactive ketones (excluding diaryl/α,β-unsaturated/α-hetero) is 1. The highest BCUT2D eigenvalue weighted by Crippen LogP contribution is 2.30. The molecule has 3 aromatic rings. The Balaban J connectivity index is 0.00000241. The van der Waals surface area contributed by atoms with E-state index in [4.69, 9.17) is 10.8 Å². The number of benzene rings is 1. The van der Waals surface area contributed by atoms with Crippen LogP contribution in [0.15, 0.2) is 60.9 Å². The Labute approximate surface area is 219 Å². The van der Waals surface area contributed by atoms with Crippen LogP contribution in [-0.4, -0.2) is 38.4 Å². The molecule has 2 heterocycles. The van der Waals surface area contributed by atoms with E-state index in [2.05, 4.69) is 10.3 Å². The summed E-state index contributed by atoms with van der Waals surface area (Å²) in [7, 11) is 0. The summed E-state index contributed by atoms with van der Waals surface area (Å²) < 4.78 is 1.62. The van der Waals surface area contributed by atoms with Gasteiger partial charge in [-0.25, -0.2) is 9.67 Å². The zero-order chi connectivity index (χ0) is 24.6. The van der Waals surface area contributed by atoms with E-state index in [-0.39, 0.29) is 26.8 Å². The third kappa shape index (κ3) is 7.59. The highest BCUT2D eigenvalue weighted by molar-refractivity contribution is 6.38. The molecule has 4 rings (SSSR count). The van der Waals surface area contributed by atoms with Gasteiger partial charge >= 0.3 is 0 Å². The molecular weight excluding hydrogens is 466 g/mol. The second kappa shape index (κ2) is 14.1. The Morgan fingerprint density at radius 2 is 1.62 bits per heavy atom. The van der Waals surface area contributed by atoms with Crippen LogP contribution in [0.3, 0.4) is 0 Å². The maximum absolute atomic E-state index is 13.3. The van der Waals surface area contributed by atoms with Gasteiger partial charge in [-0.1, -0.05) is 77.3 Å². The minimum atomic E-state index is -1.09. The molecule has 0 saturated heterocycles. The lowest BCUT2D eigenvalue weighted by Crippen LogP contribution is -2.47. The molecule has 3 N–H and O–H groups in total. The number of hydrogen-bond acceptors (Lipinski definition) is 5. The van der Waals surface area contributed by atoms with Crippen LogP contribution >= 0.6 is 0 Å². The summed E-state index contributed by atoms with van der Waals surface area (Å²) in [5.41, 5.74) is 7.32. The number of amides is 2. The number of rotatable bonds is 8. The van der Waals surface area contributed by atoms with Gasteiger partial charge in [-0.05, 0) is 36.6 Å². The predicted molar refractivity (Wildman–Crippen MR) is 145 cm³/mol. The minimum Gasteiger partial charge on any atom is -0.363 e. The molecule has 198 valence electrons. The molecule has 1 aromatic carbocycles. The minimum absolute atomic E-state index is 0. The van der Waals surface area contributed by atoms with E-state index >= 15 is 0 Å². The molecule has 0 aliphatic heterocycles. The normalized spacial score (nSPS) is 14.7. The number of ketones is 1. The van der Waals surface area contributed by atoms with Crippen molar-refractivity contribution >= 4 is 17.6 Å². The second-order valence-corrected chi connectivity index (χ2v) is 9.05. The number of primary amides is 1. The molecule has 2 aromatic heterocycles. The lowest BCUT2D eigenvalue weighted by Gasteiger charge is -2.18. The number of nitrogens with one attached hydrogen (secondary N) is 1. The fourth-order valence-electron chi connectivity index (χ4n) is 4.65. The summed E-state index contributed by atoms with van der Waals surface area (Å²) >= 11 is 0. The summed E-state index contributed by atoms with van der Waals surface area (Å²) in [5.74, 6) is -1.69. The number of hydrogen-bond donors (Lipinski definition) is 2. The first-order valence-electron chi connectivity index (χ1n) is 12.2. The van der Waals surface area contributed by atoms with Crippen molar-refractivity contribution in [3.63, 3.8) is 0 Å². The van der Waals surface area contributed by atoms with Crippen LogP contribution in [0.2, 0.25) is 0 Å². The Bertz CT molecular complexity index is 1170. The van der Waals surface area contributed by atoms with Crippen LogP contribution in [0.5, 0.6) is 0 Å². The number of nitrogens with zero attached hydrogens (tertiary/aromatic N) is 3. The maximum Gasteiger partial charge on any atom is 0.287 e. The maximum atomic E-state index is 13.3. The molecule has 1 aliphatic rings. The van der Waals surface area contributed by atoms with Gasteiger partial charge in [-0.15, -0.1) is 0 Å². The summed E-state index contributed by atoms with van der Waals surface area (Å²) in [6.07, 6.45) is 12.0. The molecule has 1 aliphatic carbocycles. The summed E-state index contributed by atoms with van der Waals surface area (Å²) in [6, 6.07) is 13.3. The molecule has 8 heteroatoms. The van der Waals surface area contributed by atoms with Crippen molar-refractivity contribution < 1.29 is 14.4 Å². The average molecular weight is 506 g/mol. The molecule has 1 unspecified atom stereocenters. The number of aromatic nitrogens is 3. The van der Waals surface area contributed by atoms with Crippen molar-refractivity contribution in [3.8, 4) is 5.82 Å². The fraction of sp³-hybridized carbons (Fsp3) is 0.414. The SMILES string of the molecule is C.C.NC(=O)C(=O)C(Cc1ccccc1)NC(=O)c1cccnc1-n1ccc(C2CCCCCCC2)n1. The highest BCUT2D eigenvalue weighted by Gasteiger charge is 2.27. The van der Waals surface area contributed by atoms with Gasteiger partial charge in [0.1, 0.15) is 6.04 Å². The molecule has 1 atom stereocenters. The summed E-state index contributed by atoms with van der Waals surface area (Å²) in [4.78, 5) is 41.8. The van der Waals surface area contributed by atoms with E-state index in [1.54, 1.807) is 23.0 Å². The second-order valence-electron chi connectivity index (χ2n) is 9.05. The lowest BCUT2D eigenvalue weighted by atomic mass is 9.89. The smallest absolute Gasteiger partial charge is 0.287 e. The van der Waals surface area contributed by atoms with E-state index in [0.717, 1.165) is 24.1 Å². The van der Waals surface area contributed by atoms with Crippen LogP contribution in [0.1, 0.15) is 87.3 Å². The summed E-state index contributed by atoms with van der Waals surface area (Å²) in [5, 5.41) is 7.45. The largest absolute Gasteiger partial charge is 0.363 e. The van der Waals surface area contributed by atoms with E-state index < -0.39 is 23.6 Å². The van der Waals surface area contributed by atoms with Gasteiger partial charge in [0.2, 0.25) is 5.78 Å². The molecule has 8 nitrogen and oxygen atoms in total. The van der Waals surface area contributed by atoms with Crippen molar-refractivity contribution in [2.75, 3.05) is 0 Å². The van der Waals surface area contributed by atoms with Crippen LogP contribution in [0.25, 0.3) is 5.82 Å². The van der Waals surface area contributed by atoms with Crippen molar-refractivity contribution in [3.05, 3.63) is 77.7 Å². The fourth-order valence-corrected chi connectivity index (χ4v) is 4.65. The van der Waals surface area contributed by atoms with Gasteiger partial charge in [0.05, 0.1) is 11.3 Å². The van der Waals surface area contributed by atoms with Crippen molar-refractivity contribution in [1.82, 2.24) is 20.1 Å². The Morgan fingerprint density at radius 1 is 0.946 bits per heavy atom. The number of carbonyl (C=O) groups excluding carboxylic acids is 3. The number of carbonyl (C=O) groups is 3. The predicted octanol–water partition coefficient (Wildman–Crippen LogP) is 4.76. The lowest BCUT2D eigenvalue weighted by molar-refractivity contribution is -0.137. The first-order valence-corrected chi connectivity index (χ1v) is 12.2. The van der Waals surface area contributed by atoms with Crippen LogP contribution in [-0.2, 0) is 16.0 Å². The van der Waals surface area contributed by atoms with Gasteiger partial charge < -0.3 is 11.1 Å². The molecule has 0 radical (unpaired) electrons. The average Bonchev–Trinajstić information content (AvgIpc) is 3.33. The van der Waals surface area contributed by atoms with Crippen molar-refractivity contribution in [2.45, 2.75) is 78.2 Å². The summed E-state index contributed by atoms with van der Waals surface area (Å²) in [6.45, 7) is 0. The molecule has 1 fully saturated rings. The highest BCUT2D eigenvalue weighted by atomic mass is 16.2. The van der Waals surface area contributed by atoms with Gasteiger partial charge in [0, 0.05) is 24.7 Å². The Hall–Kier alpha value is -3.81. The van der Waals surface area contributed by atoms with Gasteiger partial charge in [0.25, 0.3) is 11.8 Å². The standard InChI is InChI=1S/C27H31N5O3.2CH4/c28-25(34)24(33)23(18-19-10-5-4-6-11-19)30-27(35)21-14-9-16-29-26(21)32-17-15-22(31-32)20-12-7-2-1-3-8-13-20;;/h4-6,9-11,14-17,20,23H,1-3,7-8,12-13,18H2,(H2,28,34)(H,30,35);2*1H4. The number of pyridine rings is 1. The quantitative estimate of drug-likeness (QED) is 0.428. The van der Waals surface area contributed by atoms with E-state index in [1.807, 2.05) is 42.6 Å². The Morgan fingerprint density at radius 3 is 2.30 bits per heavy atom. The van der Waals surface area contributed by atoms with Gasteiger partial charge in [0.15, 0.2) is 5.82 Å².